The Morgan fingerprint density at radius 2 is 1.97 bits per heavy atom. The Labute approximate surface area is 178 Å². The van der Waals surface area contributed by atoms with Crippen LogP contribution in [0.3, 0.4) is 0 Å². The van der Waals surface area contributed by atoms with Gasteiger partial charge in [-0.2, -0.15) is 0 Å². The lowest BCUT2D eigenvalue weighted by atomic mass is 10.1. The van der Waals surface area contributed by atoms with E-state index in [0.29, 0.717) is 22.8 Å². The van der Waals surface area contributed by atoms with Crippen molar-refractivity contribution in [3.05, 3.63) is 94.6 Å². The molecule has 0 bridgehead atoms. The number of aliphatic imine (C=N–C) groups is 1. The predicted molar refractivity (Wildman–Crippen MR) is 119 cm³/mol. The number of carbonyl (C=O) groups is 1. The van der Waals surface area contributed by atoms with E-state index in [2.05, 4.69) is 9.56 Å². The van der Waals surface area contributed by atoms with Crippen molar-refractivity contribution in [3.63, 3.8) is 0 Å². The van der Waals surface area contributed by atoms with Crippen LogP contribution in [0.4, 0.5) is 5.69 Å². The second kappa shape index (κ2) is 8.43. The van der Waals surface area contributed by atoms with Crippen LogP contribution in [-0.4, -0.2) is 29.0 Å². The molecule has 0 amide bonds. The monoisotopic (exact) mass is 418 g/mol. The van der Waals surface area contributed by atoms with Gasteiger partial charge in [0.2, 0.25) is 0 Å². The van der Waals surface area contributed by atoms with E-state index in [4.69, 9.17) is 16.3 Å². The highest BCUT2D eigenvalue weighted by Crippen LogP contribution is 2.30. The van der Waals surface area contributed by atoms with Gasteiger partial charge in [0, 0.05) is 46.5 Å². The SMILES string of the molecule is COC(=O)c1cccc(Cn2cc(C=Nc3ccc(Cl)cc3O)c3ccccc32)c1. The van der Waals surface area contributed by atoms with Crippen molar-refractivity contribution in [2.45, 2.75) is 6.54 Å². The van der Waals surface area contributed by atoms with Crippen molar-refractivity contribution in [2.24, 2.45) is 4.99 Å². The molecule has 6 heteroatoms. The summed E-state index contributed by atoms with van der Waals surface area (Å²) in [5.74, 6) is -0.327. The molecule has 30 heavy (non-hydrogen) atoms. The van der Waals surface area contributed by atoms with Crippen LogP contribution in [0.15, 0.2) is 77.9 Å². The molecule has 0 radical (unpaired) electrons. The number of carbonyl (C=O) groups excluding carboxylic acids is 1. The Kier molecular flexibility index (Phi) is 5.55. The van der Waals surface area contributed by atoms with E-state index in [-0.39, 0.29) is 11.7 Å². The number of phenols is 1. The third kappa shape index (κ3) is 4.07. The number of ether oxygens (including phenoxy) is 1. The number of hydrogen-bond donors (Lipinski definition) is 1. The lowest BCUT2D eigenvalue weighted by molar-refractivity contribution is 0.0600. The summed E-state index contributed by atoms with van der Waals surface area (Å²) in [6.07, 6.45) is 3.73. The second-order valence-electron chi connectivity index (χ2n) is 6.81. The molecule has 0 atom stereocenters. The van der Waals surface area contributed by atoms with Gasteiger partial charge < -0.3 is 14.4 Å². The Morgan fingerprint density at radius 1 is 1.13 bits per heavy atom. The number of phenolic OH excluding ortho intramolecular Hbond substituents is 1. The predicted octanol–water partition coefficient (Wildman–Crippen LogP) is 5.59. The van der Waals surface area contributed by atoms with Gasteiger partial charge in [-0.25, -0.2) is 4.79 Å². The number of fused-ring (bicyclic) bond motifs is 1. The molecular formula is C24H19ClN2O3. The summed E-state index contributed by atoms with van der Waals surface area (Å²) in [5, 5.41) is 11.5. The molecule has 0 aliphatic rings. The molecule has 3 aromatic carbocycles. The van der Waals surface area contributed by atoms with Gasteiger partial charge in [0.25, 0.3) is 0 Å². The van der Waals surface area contributed by atoms with Crippen LogP contribution in [0.5, 0.6) is 5.75 Å². The summed E-state index contributed by atoms with van der Waals surface area (Å²) in [4.78, 5) is 16.3. The van der Waals surface area contributed by atoms with Crippen LogP contribution in [0.25, 0.3) is 10.9 Å². The van der Waals surface area contributed by atoms with Crippen LogP contribution in [0.1, 0.15) is 21.5 Å². The summed E-state index contributed by atoms with van der Waals surface area (Å²) < 4.78 is 6.92. The van der Waals surface area contributed by atoms with Crippen molar-refractivity contribution >= 4 is 40.4 Å². The average molecular weight is 419 g/mol. The number of nitrogens with zero attached hydrogens (tertiary/aromatic N) is 2. The molecule has 1 N–H and O–H groups in total. The largest absolute Gasteiger partial charge is 0.506 e. The van der Waals surface area contributed by atoms with Gasteiger partial charge in [0.05, 0.1) is 12.7 Å². The lowest BCUT2D eigenvalue weighted by Crippen LogP contribution is -2.03. The van der Waals surface area contributed by atoms with Gasteiger partial charge in [-0.1, -0.05) is 41.9 Å². The van der Waals surface area contributed by atoms with Crippen molar-refractivity contribution in [1.82, 2.24) is 4.57 Å². The smallest absolute Gasteiger partial charge is 0.337 e. The minimum Gasteiger partial charge on any atom is -0.506 e. The van der Waals surface area contributed by atoms with Crippen molar-refractivity contribution in [2.75, 3.05) is 7.11 Å². The summed E-state index contributed by atoms with van der Waals surface area (Å²) in [6, 6.07) is 20.2. The van der Waals surface area contributed by atoms with Gasteiger partial charge in [0.15, 0.2) is 0 Å². The highest BCUT2D eigenvalue weighted by Gasteiger charge is 2.10. The Morgan fingerprint density at radius 3 is 2.77 bits per heavy atom. The molecule has 0 aliphatic carbocycles. The number of benzene rings is 3. The Balaban J connectivity index is 1.69. The maximum absolute atomic E-state index is 11.8. The molecule has 0 spiro atoms. The molecule has 0 saturated carbocycles. The minimum absolute atomic E-state index is 0.0297. The zero-order valence-corrected chi connectivity index (χ0v) is 17.0. The number of esters is 1. The van der Waals surface area contributed by atoms with Gasteiger partial charge in [0.1, 0.15) is 11.4 Å². The number of aromatic nitrogens is 1. The fourth-order valence-corrected chi connectivity index (χ4v) is 3.53. The van der Waals surface area contributed by atoms with Crippen LogP contribution >= 0.6 is 11.6 Å². The molecule has 1 aromatic heterocycles. The number of aromatic hydroxyl groups is 1. The van der Waals surface area contributed by atoms with Gasteiger partial charge >= 0.3 is 5.97 Å². The van der Waals surface area contributed by atoms with E-state index in [9.17, 15) is 9.90 Å². The topological polar surface area (TPSA) is 63.8 Å². The van der Waals surface area contributed by atoms with E-state index >= 15 is 0 Å². The van der Waals surface area contributed by atoms with Crippen LogP contribution < -0.4 is 0 Å². The van der Waals surface area contributed by atoms with Crippen LogP contribution in [0, 0.1) is 0 Å². The zero-order valence-electron chi connectivity index (χ0n) is 16.2. The summed E-state index contributed by atoms with van der Waals surface area (Å²) in [5.41, 5.74) is 3.91. The van der Waals surface area contributed by atoms with Crippen LogP contribution in [0.2, 0.25) is 5.02 Å². The molecule has 0 unspecified atom stereocenters. The van der Waals surface area contributed by atoms with Gasteiger partial charge in [-0.15, -0.1) is 0 Å². The first kappa shape index (κ1) is 19.7. The van der Waals surface area contributed by atoms with Gasteiger partial charge in [-0.3, -0.25) is 4.99 Å². The minimum atomic E-state index is -0.357. The number of halogens is 1. The Bertz CT molecular complexity index is 1260. The fraction of sp³-hybridized carbons (Fsp3) is 0.0833. The third-order valence-corrected chi connectivity index (χ3v) is 5.04. The zero-order chi connectivity index (χ0) is 21.1. The third-order valence-electron chi connectivity index (χ3n) is 4.80. The standard InChI is InChI=1S/C24H19ClN2O3/c1-30-24(29)17-6-4-5-16(11-17)14-27-15-18(20-7-2-3-8-22(20)27)13-26-21-10-9-19(25)12-23(21)28/h2-13,15,28H,14H2,1H3. The van der Waals surface area contributed by atoms with E-state index in [1.807, 2.05) is 48.7 Å². The number of methoxy groups -OCH3 is 1. The molecule has 0 saturated heterocycles. The quantitative estimate of drug-likeness (QED) is 0.339. The molecule has 0 fully saturated rings. The maximum atomic E-state index is 11.8. The van der Waals surface area contributed by atoms with E-state index < -0.39 is 0 Å². The summed E-state index contributed by atoms with van der Waals surface area (Å²) in [6.45, 7) is 0.589. The molecule has 1 heterocycles. The molecule has 4 rings (SSSR count). The first-order valence-corrected chi connectivity index (χ1v) is 9.70. The lowest BCUT2D eigenvalue weighted by Gasteiger charge is -2.07. The van der Waals surface area contributed by atoms with E-state index in [0.717, 1.165) is 22.0 Å². The van der Waals surface area contributed by atoms with Crippen LogP contribution in [-0.2, 0) is 11.3 Å². The second-order valence-corrected chi connectivity index (χ2v) is 7.25. The maximum Gasteiger partial charge on any atom is 0.337 e. The molecule has 150 valence electrons. The Hall–Kier alpha value is -3.57. The molecule has 4 aromatic rings. The highest BCUT2D eigenvalue weighted by molar-refractivity contribution is 6.30. The molecule has 5 nitrogen and oxygen atoms in total. The number of hydrogen-bond acceptors (Lipinski definition) is 4. The first-order chi connectivity index (χ1) is 14.5. The highest BCUT2D eigenvalue weighted by atomic mass is 35.5. The average Bonchev–Trinajstić information content (AvgIpc) is 3.10. The van der Waals surface area contributed by atoms with Crippen molar-refractivity contribution in [3.8, 4) is 5.75 Å². The van der Waals surface area contributed by atoms with Crippen molar-refractivity contribution in [1.29, 1.82) is 0 Å². The van der Waals surface area contributed by atoms with E-state index in [1.165, 1.54) is 13.2 Å². The molecule has 0 aliphatic heterocycles. The number of rotatable bonds is 5. The summed E-state index contributed by atoms with van der Waals surface area (Å²) >= 11 is 5.89. The van der Waals surface area contributed by atoms with E-state index in [1.54, 1.807) is 24.4 Å². The van der Waals surface area contributed by atoms with Crippen molar-refractivity contribution < 1.29 is 14.6 Å². The normalized spacial score (nSPS) is 11.3. The first-order valence-electron chi connectivity index (χ1n) is 9.33. The van der Waals surface area contributed by atoms with Gasteiger partial charge in [-0.05, 0) is 35.9 Å². The fourth-order valence-electron chi connectivity index (χ4n) is 3.36. The molecular weight excluding hydrogens is 400 g/mol. The number of para-hydroxylation sites is 1. The summed E-state index contributed by atoms with van der Waals surface area (Å²) in [7, 11) is 1.37.